The molecule has 0 amide bonds. The van der Waals surface area contributed by atoms with Gasteiger partial charge >= 0.3 is 0 Å². The highest BCUT2D eigenvalue weighted by Crippen LogP contribution is 2.23. The molecular formula is C15H24FN3. The normalized spacial score (nSPS) is 14.3. The zero-order valence-corrected chi connectivity index (χ0v) is 12.2. The van der Waals surface area contributed by atoms with E-state index in [0.717, 1.165) is 12.0 Å². The lowest BCUT2D eigenvalue weighted by Gasteiger charge is -2.23. The molecule has 0 heterocycles. The van der Waals surface area contributed by atoms with Gasteiger partial charge < -0.3 is 11.1 Å². The smallest absolute Gasteiger partial charge is 0.188 e. The van der Waals surface area contributed by atoms with Gasteiger partial charge in [-0.25, -0.2) is 4.39 Å². The number of hydrogen-bond donors (Lipinski definition) is 2. The predicted octanol–water partition coefficient (Wildman–Crippen LogP) is 2.81. The summed E-state index contributed by atoms with van der Waals surface area (Å²) < 4.78 is 12.9. The van der Waals surface area contributed by atoms with Crippen LogP contribution in [0.2, 0.25) is 0 Å². The molecule has 0 radical (unpaired) electrons. The van der Waals surface area contributed by atoms with Crippen molar-refractivity contribution in [3.05, 3.63) is 35.6 Å². The quantitative estimate of drug-likeness (QED) is 0.635. The second-order valence-corrected chi connectivity index (χ2v) is 5.55. The average Bonchev–Trinajstić information content (AvgIpc) is 2.37. The number of rotatable bonds is 5. The Hall–Kier alpha value is -1.58. The van der Waals surface area contributed by atoms with E-state index in [-0.39, 0.29) is 11.2 Å². The number of aliphatic imine (C=N–C) groups is 1. The molecule has 1 aromatic rings. The van der Waals surface area contributed by atoms with E-state index in [1.807, 2.05) is 0 Å². The van der Waals surface area contributed by atoms with Gasteiger partial charge in [0.05, 0.1) is 6.54 Å². The fourth-order valence-corrected chi connectivity index (χ4v) is 1.68. The Morgan fingerprint density at radius 3 is 2.47 bits per heavy atom. The Morgan fingerprint density at radius 2 is 1.95 bits per heavy atom. The summed E-state index contributed by atoms with van der Waals surface area (Å²) in [4.78, 5) is 4.37. The summed E-state index contributed by atoms with van der Waals surface area (Å²) in [6.45, 7) is 8.86. The van der Waals surface area contributed by atoms with Crippen LogP contribution in [0.4, 0.5) is 4.39 Å². The molecule has 0 saturated heterocycles. The van der Waals surface area contributed by atoms with Gasteiger partial charge in [0.25, 0.3) is 0 Å². The molecule has 3 N–H and O–H groups in total. The van der Waals surface area contributed by atoms with Crippen LogP contribution >= 0.6 is 0 Å². The summed E-state index contributed by atoms with van der Waals surface area (Å²) >= 11 is 0. The monoisotopic (exact) mass is 265 g/mol. The number of nitrogens with one attached hydrogen (secondary N) is 1. The molecule has 0 bridgehead atoms. The molecule has 0 aliphatic rings. The van der Waals surface area contributed by atoms with Crippen molar-refractivity contribution >= 4 is 5.96 Å². The van der Waals surface area contributed by atoms with E-state index >= 15 is 0 Å². The molecule has 1 rings (SSSR count). The van der Waals surface area contributed by atoms with Crippen molar-refractivity contribution in [1.82, 2.24) is 5.32 Å². The third-order valence-corrected chi connectivity index (χ3v) is 3.28. The van der Waals surface area contributed by atoms with E-state index in [2.05, 4.69) is 38.0 Å². The van der Waals surface area contributed by atoms with Gasteiger partial charge in [-0.05, 0) is 31.0 Å². The van der Waals surface area contributed by atoms with Gasteiger partial charge in [-0.2, -0.15) is 0 Å². The van der Waals surface area contributed by atoms with Gasteiger partial charge in [0.15, 0.2) is 5.96 Å². The number of nitrogens with two attached hydrogens (primary N) is 1. The number of hydrogen-bond acceptors (Lipinski definition) is 1. The summed E-state index contributed by atoms with van der Waals surface area (Å²) in [6, 6.07) is 6.85. The molecule has 106 valence electrons. The van der Waals surface area contributed by atoms with Crippen molar-refractivity contribution in [3.63, 3.8) is 0 Å². The maximum absolute atomic E-state index is 12.9. The van der Waals surface area contributed by atoms with Crippen LogP contribution in [-0.2, 0) is 5.41 Å². The summed E-state index contributed by atoms with van der Waals surface area (Å²) in [6.07, 6.45) is 0.998. The first-order valence-electron chi connectivity index (χ1n) is 6.67. The Morgan fingerprint density at radius 1 is 1.37 bits per heavy atom. The van der Waals surface area contributed by atoms with Crippen molar-refractivity contribution in [2.75, 3.05) is 6.54 Å². The van der Waals surface area contributed by atoms with E-state index < -0.39 is 0 Å². The SMILES string of the molecule is CCC(C)NC(N)=NCC(C)(C)c1ccc(F)cc1. The van der Waals surface area contributed by atoms with Gasteiger partial charge in [-0.15, -0.1) is 0 Å². The summed E-state index contributed by atoms with van der Waals surface area (Å²) in [5.41, 5.74) is 6.72. The molecule has 0 spiro atoms. The maximum atomic E-state index is 12.9. The molecule has 19 heavy (non-hydrogen) atoms. The lowest BCUT2D eigenvalue weighted by molar-refractivity contribution is 0.533. The molecular weight excluding hydrogens is 241 g/mol. The molecule has 0 aliphatic carbocycles. The minimum Gasteiger partial charge on any atom is -0.370 e. The zero-order valence-electron chi connectivity index (χ0n) is 12.2. The van der Waals surface area contributed by atoms with Gasteiger partial charge in [-0.3, -0.25) is 4.99 Å². The average molecular weight is 265 g/mol. The van der Waals surface area contributed by atoms with E-state index in [9.17, 15) is 4.39 Å². The molecule has 3 nitrogen and oxygen atoms in total. The summed E-state index contributed by atoms with van der Waals surface area (Å²) in [7, 11) is 0. The fraction of sp³-hybridized carbons (Fsp3) is 0.533. The lowest BCUT2D eigenvalue weighted by Crippen LogP contribution is -2.39. The molecule has 0 aliphatic heterocycles. The van der Waals surface area contributed by atoms with Crippen molar-refractivity contribution in [2.45, 2.75) is 45.6 Å². The van der Waals surface area contributed by atoms with Crippen LogP contribution in [0.5, 0.6) is 0 Å². The molecule has 1 aromatic carbocycles. The van der Waals surface area contributed by atoms with Crippen molar-refractivity contribution in [1.29, 1.82) is 0 Å². The van der Waals surface area contributed by atoms with Crippen LogP contribution in [0, 0.1) is 5.82 Å². The van der Waals surface area contributed by atoms with E-state index in [1.54, 1.807) is 12.1 Å². The second kappa shape index (κ2) is 6.55. The van der Waals surface area contributed by atoms with Crippen LogP contribution in [0.3, 0.4) is 0 Å². The van der Waals surface area contributed by atoms with Gasteiger partial charge in [-0.1, -0.05) is 32.9 Å². The Kier molecular flexibility index (Phi) is 5.33. The van der Waals surface area contributed by atoms with Crippen molar-refractivity contribution in [2.24, 2.45) is 10.7 Å². The third kappa shape index (κ3) is 4.89. The van der Waals surface area contributed by atoms with Crippen LogP contribution in [0.1, 0.15) is 39.7 Å². The van der Waals surface area contributed by atoms with E-state index in [1.165, 1.54) is 12.1 Å². The van der Waals surface area contributed by atoms with Crippen LogP contribution in [0.25, 0.3) is 0 Å². The molecule has 0 aromatic heterocycles. The minimum atomic E-state index is -0.221. The van der Waals surface area contributed by atoms with Gasteiger partial charge in [0.2, 0.25) is 0 Å². The van der Waals surface area contributed by atoms with Gasteiger partial charge in [0, 0.05) is 11.5 Å². The van der Waals surface area contributed by atoms with E-state index in [0.29, 0.717) is 18.5 Å². The highest BCUT2D eigenvalue weighted by atomic mass is 19.1. The zero-order chi connectivity index (χ0) is 14.5. The number of nitrogens with zero attached hydrogens (tertiary/aromatic N) is 1. The number of benzene rings is 1. The Balaban J connectivity index is 2.69. The maximum Gasteiger partial charge on any atom is 0.188 e. The first-order chi connectivity index (χ1) is 8.85. The van der Waals surface area contributed by atoms with Gasteiger partial charge in [0.1, 0.15) is 5.82 Å². The molecule has 4 heteroatoms. The molecule has 1 unspecified atom stereocenters. The van der Waals surface area contributed by atoms with E-state index in [4.69, 9.17) is 5.73 Å². The Bertz CT molecular complexity index is 424. The number of guanidine groups is 1. The second-order valence-electron chi connectivity index (χ2n) is 5.55. The minimum absolute atomic E-state index is 0.171. The predicted molar refractivity (Wildman–Crippen MR) is 78.8 cm³/mol. The third-order valence-electron chi connectivity index (χ3n) is 3.28. The molecule has 1 atom stereocenters. The summed E-state index contributed by atoms with van der Waals surface area (Å²) in [5, 5.41) is 3.13. The van der Waals surface area contributed by atoms with Crippen LogP contribution in [0.15, 0.2) is 29.3 Å². The first-order valence-corrected chi connectivity index (χ1v) is 6.67. The van der Waals surface area contributed by atoms with Crippen molar-refractivity contribution in [3.8, 4) is 0 Å². The highest BCUT2D eigenvalue weighted by molar-refractivity contribution is 5.78. The summed E-state index contributed by atoms with van der Waals surface area (Å²) in [5.74, 6) is 0.241. The van der Waals surface area contributed by atoms with Crippen LogP contribution in [-0.4, -0.2) is 18.5 Å². The topological polar surface area (TPSA) is 50.4 Å². The van der Waals surface area contributed by atoms with Crippen LogP contribution < -0.4 is 11.1 Å². The number of halogens is 1. The molecule has 0 saturated carbocycles. The first kappa shape index (κ1) is 15.5. The standard InChI is InChI=1S/C15H24FN3/c1-5-11(2)19-14(17)18-10-15(3,4)12-6-8-13(16)9-7-12/h6-9,11H,5,10H2,1-4H3,(H3,17,18,19). The lowest BCUT2D eigenvalue weighted by atomic mass is 9.85. The highest BCUT2D eigenvalue weighted by Gasteiger charge is 2.20. The largest absolute Gasteiger partial charge is 0.370 e. The Labute approximate surface area is 115 Å². The molecule has 0 fully saturated rings. The fourth-order valence-electron chi connectivity index (χ4n) is 1.68. The van der Waals surface area contributed by atoms with Crippen molar-refractivity contribution < 1.29 is 4.39 Å².